The second kappa shape index (κ2) is 9.82. The third-order valence-electron chi connectivity index (χ3n) is 4.34. The lowest BCUT2D eigenvalue weighted by Crippen LogP contribution is -1.97. The van der Waals surface area contributed by atoms with E-state index in [1.165, 1.54) is 0 Å². The zero-order valence-electron chi connectivity index (χ0n) is 16.7. The molecule has 0 saturated carbocycles. The number of aromatic nitrogens is 2. The maximum Gasteiger partial charge on any atom is 0.219 e. The van der Waals surface area contributed by atoms with Gasteiger partial charge in [0.15, 0.2) is 0 Å². The molecule has 2 heterocycles. The Hall–Kier alpha value is -3.49. The summed E-state index contributed by atoms with van der Waals surface area (Å²) >= 11 is 6.38. The lowest BCUT2D eigenvalue weighted by Gasteiger charge is -2.09. The van der Waals surface area contributed by atoms with Crippen LogP contribution < -0.4 is 4.74 Å². The van der Waals surface area contributed by atoms with E-state index < -0.39 is 0 Å². The van der Waals surface area contributed by atoms with Crippen LogP contribution >= 0.6 is 11.6 Å². The van der Waals surface area contributed by atoms with E-state index in [0.29, 0.717) is 28.8 Å². The number of carbonyl (C=O) groups excluding carboxylic acids is 1. The predicted octanol–water partition coefficient (Wildman–Crippen LogP) is 6.09. The molecule has 0 bridgehead atoms. The molecule has 0 aliphatic rings. The maximum absolute atomic E-state index is 11.2. The fourth-order valence-corrected chi connectivity index (χ4v) is 3.07. The van der Waals surface area contributed by atoms with Crippen LogP contribution in [0.5, 0.6) is 11.6 Å². The fraction of sp³-hybridized carbons (Fsp3) is 0.167. The number of halogens is 1. The van der Waals surface area contributed by atoms with Crippen molar-refractivity contribution in [2.24, 2.45) is 5.92 Å². The Balaban J connectivity index is 1.68. The zero-order valence-corrected chi connectivity index (χ0v) is 17.4. The van der Waals surface area contributed by atoms with E-state index in [4.69, 9.17) is 21.6 Å². The molecule has 0 aliphatic carbocycles. The molecule has 1 aromatic carbocycles. The van der Waals surface area contributed by atoms with Crippen molar-refractivity contribution in [1.29, 1.82) is 5.26 Å². The molecule has 0 aliphatic heterocycles. The molecular formula is C24H20ClN3O2. The largest absolute Gasteiger partial charge is 0.437 e. The number of rotatable bonds is 7. The van der Waals surface area contributed by atoms with Crippen molar-refractivity contribution in [3.05, 3.63) is 77.2 Å². The molecule has 0 unspecified atom stereocenters. The van der Waals surface area contributed by atoms with E-state index in [-0.39, 0.29) is 11.7 Å². The average Bonchev–Trinajstić information content (AvgIpc) is 2.74. The quantitative estimate of drug-likeness (QED) is 0.465. The topological polar surface area (TPSA) is 75.9 Å². The molecule has 0 radical (unpaired) electrons. The fourth-order valence-electron chi connectivity index (χ4n) is 2.85. The number of nitriles is 1. The van der Waals surface area contributed by atoms with Crippen LogP contribution in [-0.4, -0.2) is 15.8 Å². The third-order valence-corrected chi connectivity index (χ3v) is 4.64. The molecule has 3 rings (SSSR count). The Labute approximate surface area is 180 Å². The van der Waals surface area contributed by atoms with Crippen LogP contribution in [0.3, 0.4) is 0 Å². The first-order valence-corrected chi connectivity index (χ1v) is 9.80. The van der Waals surface area contributed by atoms with Gasteiger partial charge in [0.1, 0.15) is 23.3 Å². The van der Waals surface area contributed by atoms with Crippen LogP contribution in [0.15, 0.2) is 60.9 Å². The van der Waals surface area contributed by atoms with Gasteiger partial charge in [-0.15, -0.1) is 0 Å². The molecule has 1 atom stereocenters. The van der Waals surface area contributed by atoms with Gasteiger partial charge in [-0.3, -0.25) is 0 Å². The zero-order chi connectivity index (χ0) is 21.5. The van der Waals surface area contributed by atoms with Gasteiger partial charge in [-0.1, -0.05) is 36.7 Å². The second-order valence-corrected chi connectivity index (χ2v) is 7.37. The van der Waals surface area contributed by atoms with Crippen LogP contribution in [0, 0.1) is 17.2 Å². The summed E-state index contributed by atoms with van der Waals surface area (Å²) in [5.41, 5.74) is 3.02. The van der Waals surface area contributed by atoms with Crippen molar-refractivity contribution in [3.8, 4) is 28.8 Å². The first kappa shape index (κ1) is 21.2. The number of Topliss-reactive ketones (excluding diaryl/α,β-unsaturated/α-hetero) is 1. The Morgan fingerprint density at radius 1 is 1.17 bits per heavy atom. The number of nitrogens with zero attached hydrogens (tertiary/aromatic N) is 3. The average molecular weight is 418 g/mol. The maximum atomic E-state index is 11.2. The SMILES string of the molecule is CC(=O)C[C@@H](C)/C=C/c1ccc(Oc2ccc(-c3ccc(C#N)nc3)cc2Cl)nc1. The summed E-state index contributed by atoms with van der Waals surface area (Å²) in [6, 6.07) is 14.6. The summed E-state index contributed by atoms with van der Waals surface area (Å²) in [7, 11) is 0. The molecule has 0 spiro atoms. The van der Waals surface area contributed by atoms with E-state index in [1.54, 1.807) is 43.6 Å². The predicted molar refractivity (Wildman–Crippen MR) is 117 cm³/mol. The minimum Gasteiger partial charge on any atom is -0.437 e. The number of benzene rings is 1. The lowest BCUT2D eigenvalue weighted by atomic mass is 10.0. The summed E-state index contributed by atoms with van der Waals surface area (Å²) in [6.07, 6.45) is 7.80. The number of carbonyl (C=O) groups is 1. The number of pyridine rings is 2. The highest BCUT2D eigenvalue weighted by Crippen LogP contribution is 2.32. The van der Waals surface area contributed by atoms with Crippen LogP contribution in [0.2, 0.25) is 5.02 Å². The van der Waals surface area contributed by atoms with Gasteiger partial charge < -0.3 is 9.53 Å². The summed E-state index contributed by atoms with van der Waals surface area (Å²) < 4.78 is 5.80. The molecule has 6 heteroatoms. The minimum absolute atomic E-state index is 0.173. The Kier molecular flexibility index (Phi) is 6.95. The van der Waals surface area contributed by atoms with Gasteiger partial charge in [0.2, 0.25) is 5.88 Å². The van der Waals surface area contributed by atoms with Crippen LogP contribution in [0.25, 0.3) is 17.2 Å². The molecular weight excluding hydrogens is 398 g/mol. The molecule has 30 heavy (non-hydrogen) atoms. The van der Waals surface area contributed by atoms with Gasteiger partial charge in [-0.25, -0.2) is 9.97 Å². The third kappa shape index (κ3) is 5.76. The Morgan fingerprint density at radius 2 is 1.97 bits per heavy atom. The smallest absolute Gasteiger partial charge is 0.219 e. The highest BCUT2D eigenvalue weighted by molar-refractivity contribution is 6.32. The van der Waals surface area contributed by atoms with Crippen LogP contribution in [-0.2, 0) is 4.79 Å². The second-order valence-electron chi connectivity index (χ2n) is 6.96. The van der Waals surface area contributed by atoms with E-state index in [9.17, 15) is 4.79 Å². The number of hydrogen-bond acceptors (Lipinski definition) is 5. The van der Waals surface area contributed by atoms with Gasteiger partial charge in [0, 0.05) is 30.4 Å². The first-order chi connectivity index (χ1) is 14.4. The highest BCUT2D eigenvalue weighted by Gasteiger charge is 2.08. The van der Waals surface area contributed by atoms with E-state index >= 15 is 0 Å². The monoisotopic (exact) mass is 417 g/mol. The number of hydrogen-bond donors (Lipinski definition) is 0. The van der Waals surface area contributed by atoms with Crippen molar-refractivity contribution >= 4 is 23.5 Å². The molecule has 0 N–H and O–H groups in total. The van der Waals surface area contributed by atoms with E-state index in [1.807, 2.05) is 43.3 Å². The lowest BCUT2D eigenvalue weighted by molar-refractivity contribution is -0.117. The van der Waals surface area contributed by atoms with Gasteiger partial charge in [0.05, 0.1) is 5.02 Å². The first-order valence-electron chi connectivity index (χ1n) is 9.42. The molecule has 2 aromatic heterocycles. The molecule has 0 fully saturated rings. The summed E-state index contributed by atoms with van der Waals surface area (Å²) in [5.74, 6) is 1.28. The van der Waals surface area contributed by atoms with E-state index in [0.717, 1.165) is 16.7 Å². The van der Waals surface area contributed by atoms with Crippen molar-refractivity contribution in [1.82, 2.24) is 9.97 Å². The molecule has 150 valence electrons. The molecule has 0 saturated heterocycles. The Bertz CT molecular complexity index is 1100. The van der Waals surface area contributed by atoms with Crippen LogP contribution in [0.4, 0.5) is 0 Å². The highest BCUT2D eigenvalue weighted by atomic mass is 35.5. The molecule has 5 nitrogen and oxygen atoms in total. The standard InChI is InChI=1S/C24H20ClN3O2/c1-16(11-17(2)29)3-4-18-5-10-24(28-14-18)30-23-9-7-19(12-22(23)25)20-6-8-21(13-26)27-15-20/h3-10,12,14-16H,11H2,1-2H3/b4-3+/t16-/m0/s1. The number of ketones is 1. The van der Waals surface area contributed by atoms with Crippen molar-refractivity contribution in [3.63, 3.8) is 0 Å². The van der Waals surface area contributed by atoms with Crippen molar-refractivity contribution in [2.75, 3.05) is 0 Å². The van der Waals surface area contributed by atoms with Gasteiger partial charge in [0.25, 0.3) is 0 Å². The molecule has 3 aromatic rings. The van der Waals surface area contributed by atoms with Gasteiger partial charge >= 0.3 is 0 Å². The summed E-state index contributed by atoms with van der Waals surface area (Å²) in [5, 5.41) is 9.30. The summed E-state index contributed by atoms with van der Waals surface area (Å²) in [4.78, 5) is 19.5. The minimum atomic E-state index is 0.173. The number of ether oxygens (including phenoxy) is 1. The van der Waals surface area contributed by atoms with Gasteiger partial charge in [-0.2, -0.15) is 5.26 Å². The molecule has 0 amide bonds. The normalized spacial score (nSPS) is 11.8. The Morgan fingerprint density at radius 3 is 2.57 bits per heavy atom. The van der Waals surface area contributed by atoms with E-state index in [2.05, 4.69) is 9.97 Å². The van der Waals surface area contributed by atoms with Crippen molar-refractivity contribution in [2.45, 2.75) is 20.3 Å². The van der Waals surface area contributed by atoms with Crippen LogP contribution in [0.1, 0.15) is 31.5 Å². The number of allylic oxidation sites excluding steroid dienone is 1. The summed E-state index contributed by atoms with van der Waals surface area (Å²) in [6.45, 7) is 3.60. The van der Waals surface area contributed by atoms with Crippen molar-refractivity contribution < 1.29 is 9.53 Å². The van der Waals surface area contributed by atoms with Gasteiger partial charge in [-0.05, 0) is 54.3 Å².